The van der Waals surface area contributed by atoms with Crippen molar-refractivity contribution in [3.8, 4) is 0 Å². The zero-order chi connectivity index (χ0) is 15.2. The molecule has 2 aromatic rings. The fourth-order valence-electron chi connectivity index (χ4n) is 2.06. The molecule has 4 nitrogen and oxygen atoms in total. The first-order valence-corrected chi connectivity index (χ1v) is 6.68. The minimum atomic E-state index is -1.25. The van der Waals surface area contributed by atoms with E-state index in [-0.39, 0.29) is 12.3 Å². The zero-order valence-electron chi connectivity index (χ0n) is 11.7. The van der Waals surface area contributed by atoms with Gasteiger partial charge in [-0.2, -0.15) is 0 Å². The van der Waals surface area contributed by atoms with E-state index in [1.807, 2.05) is 19.1 Å². The topological polar surface area (TPSA) is 69.2 Å². The van der Waals surface area contributed by atoms with Crippen molar-refractivity contribution >= 4 is 17.6 Å². The van der Waals surface area contributed by atoms with Crippen molar-refractivity contribution in [1.29, 1.82) is 0 Å². The normalized spacial score (nSPS) is 11.7. The first-order chi connectivity index (χ1) is 10.1. The van der Waals surface area contributed by atoms with Crippen LogP contribution in [0.4, 0.5) is 5.69 Å². The number of aryl methyl sites for hydroxylation is 1. The van der Waals surface area contributed by atoms with Crippen LogP contribution in [0, 0.1) is 6.92 Å². The van der Waals surface area contributed by atoms with Gasteiger partial charge in [0, 0.05) is 24.0 Å². The second-order valence-corrected chi connectivity index (χ2v) is 4.90. The standard InChI is InChI=1S/C17H17NO3/c1-12-7-9-14(10-8-12)18-16(19)11-15(17(20)21)13-5-3-2-4-6-13/h2-10,15H,11H2,1H3,(H,18,19)(H,20,21)/p-1. The Kier molecular flexibility index (Phi) is 4.72. The van der Waals surface area contributed by atoms with Gasteiger partial charge in [-0.25, -0.2) is 0 Å². The van der Waals surface area contributed by atoms with Gasteiger partial charge in [-0.05, 0) is 24.6 Å². The van der Waals surface area contributed by atoms with E-state index in [9.17, 15) is 14.7 Å². The van der Waals surface area contributed by atoms with Crippen LogP contribution in [0.2, 0.25) is 0 Å². The number of hydrogen-bond donors (Lipinski definition) is 1. The number of amides is 1. The predicted octanol–water partition coefficient (Wildman–Crippen LogP) is 1.86. The fourth-order valence-corrected chi connectivity index (χ4v) is 2.06. The second-order valence-electron chi connectivity index (χ2n) is 4.90. The third-order valence-electron chi connectivity index (χ3n) is 3.21. The van der Waals surface area contributed by atoms with Gasteiger partial charge in [0.05, 0.1) is 0 Å². The summed E-state index contributed by atoms with van der Waals surface area (Å²) in [5.41, 5.74) is 2.30. The maximum absolute atomic E-state index is 12.0. The quantitative estimate of drug-likeness (QED) is 0.910. The molecule has 1 unspecified atom stereocenters. The summed E-state index contributed by atoms with van der Waals surface area (Å²) in [4.78, 5) is 23.2. The van der Waals surface area contributed by atoms with Crippen molar-refractivity contribution in [2.24, 2.45) is 0 Å². The summed E-state index contributed by atoms with van der Waals surface area (Å²) in [5.74, 6) is -2.55. The van der Waals surface area contributed by atoms with Crippen molar-refractivity contribution in [2.75, 3.05) is 5.32 Å². The second kappa shape index (κ2) is 6.70. The zero-order valence-corrected chi connectivity index (χ0v) is 11.7. The van der Waals surface area contributed by atoms with Crippen LogP contribution in [0.3, 0.4) is 0 Å². The summed E-state index contributed by atoms with van der Waals surface area (Å²) >= 11 is 0. The van der Waals surface area contributed by atoms with Gasteiger partial charge in [0.1, 0.15) is 0 Å². The summed E-state index contributed by atoms with van der Waals surface area (Å²) in [6.07, 6.45) is -0.153. The number of nitrogens with one attached hydrogen (secondary N) is 1. The Balaban J connectivity index is 2.05. The molecule has 0 saturated carbocycles. The number of carboxylic acid groups (broad SMARTS) is 1. The molecule has 4 heteroatoms. The van der Waals surface area contributed by atoms with Crippen LogP contribution in [-0.4, -0.2) is 11.9 Å². The summed E-state index contributed by atoms with van der Waals surface area (Å²) in [6, 6.07) is 16.0. The highest BCUT2D eigenvalue weighted by Gasteiger charge is 2.17. The monoisotopic (exact) mass is 282 g/mol. The van der Waals surface area contributed by atoms with Gasteiger partial charge in [0.2, 0.25) is 5.91 Å². The first kappa shape index (κ1) is 14.8. The van der Waals surface area contributed by atoms with Crippen LogP contribution >= 0.6 is 0 Å². The number of benzene rings is 2. The molecule has 0 spiro atoms. The summed E-state index contributed by atoms with van der Waals surface area (Å²) in [7, 11) is 0. The maximum atomic E-state index is 12.0. The smallest absolute Gasteiger partial charge is 0.225 e. The molecule has 0 bridgehead atoms. The Morgan fingerprint density at radius 3 is 2.24 bits per heavy atom. The van der Waals surface area contributed by atoms with Crippen molar-refractivity contribution in [2.45, 2.75) is 19.3 Å². The molecule has 1 amide bonds. The van der Waals surface area contributed by atoms with Crippen LogP contribution in [0.1, 0.15) is 23.5 Å². The Labute approximate surface area is 123 Å². The Morgan fingerprint density at radius 1 is 1.05 bits per heavy atom. The average molecular weight is 282 g/mol. The predicted molar refractivity (Wildman–Crippen MR) is 78.6 cm³/mol. The lowest BCUT2D eigenvalue weighted by atomic mass is 9.95. The summed E-state index contributed by atoms with van der Waals surface area (Å²) in [6.45, 7) is 1.95. The number of carboxylic acids is 1. The molecule has 1 N–H and O–H groups in total. The lowest BCUT2D eigenvalue weighted by molar-refractivity contribution is -0.308. The van der Waals surface area contributed by atoms with E-state index < -0.39 is 11.9 Å². The molecule has 0 radical (unpaired) electrons. The van der Waals surface area contributed by atoms with Gasteiger partial charge < -0.3 is 15.2 Å². The molecule has 21 heavy (non-hydrogen) atoms. The number of anilines is 1. The van der Waals surface area contributed by atoms with Gasteiger partial charge in [0.25, 0.3) is 0 Å². The van der Waals surface area contributed by atoms with E-state index >= 15 is 0 Å². The molecule has 108 valence electrons. The summed E-state index contributed by atoms with van der Waals surface area (Å²) in [5, 5.41) is 13.9. The molecule has 0 saturated heterocycles. The molecule has 0 aliphatic carbocycles. The van der Waals surface area contributed by atoms with Crippen molar-refractivity contribution in [1.82, 2.24) is 0 Å². The molecule has 1 atom stereocenters. The highest BCUT2D eigenvalue weighted by atomic mass is 16.4. The average Bonchev–Trinajstić information content (AvgIpc) is 2.48. The van der Waals surface area contributed by atoms with E-state index in [0.717, 1.165) is 5.56 Å². The highest BCUT2D eigenvalue weighted by Crippen LogP contribution is 2.20. The molecule has 0 aromatic heterocycles. The van der Waals surface area contributed by atoms with Crippen molar-refractivity contribution in [3.63, 3.8) is 0 Å². The van der Waals surface area contributed by atoms with E-state index in [1.165, 1.54) is 0 Å². The molecule has 0 heterocycles. The van der Waals surface area contributed by atoms with Crippen LogP contribution in [0.25, 0.3) is 0 Å². The highest BCUT2D eigenvalue weighted by molar-refractivity contribution is 5.94. The van der Waals surface area contributed by atoms with Gasteiger partial charge in [0.15, 0.2) is 0 Å². The van der Waals surface area contributed by atoms with Crippen LogP contribution in [0.5, 0.6) is 0 Å². The van der Waals surface area contributed by atoms with Gasteiger partial charge in [-0.15, -0.1) is 0 Å². The third kappa shape index (κ3) is 4.18. The molecule has 2 aromatic carbocycles. The van der Waals surface area contributed by atoms with E-state index in [4.69, 9.17) is 0 Å². The van der Waals surface area contributed by atoms with Gasteiger partial charge >= 0.3 is 0 Å². The molecule has 2 rings (SSSR count). The molecule has 0 aliphatic heterocycles. The number of rotatable bonds is 5. The van der Waals surface area contributed by atoms with Crippen LogP contribution in [0.15, 0.2) is 54.6 Å². The van der Waals surface area contributed by atoms with Gasteiger partial charge in [-0.3, -0.25) is 4.79 Å². The van der Waals surface area contributed by atoms with E-state index in [1.54, 1.807) is 42.5 Å². The number of aliphatic carboxylic acids is 1. The van der Waals surface area contributed by atoms with Crippen LogP contribution in [-0.2, 0) is 9.59 Å². The minimum absolute atomic E-state index is 0.153. The lowest BCUT2D eigenvalue weighted by Crippen LogP contribution is -2.32. The SMILES string of the molecule is Cc1ccc(NC(=O)CC(C(=O)[O-])c2ccccc2)cc1. The van der Waals surface area contributed by atoms with Gasteiger partial charge in [-0.1, -0.05) is 48.0 Å². The minimum Gasteiger partial charge on any atom is -0.549 e. The summed E-state index contributed by atoms with van der Waals surface area (Å²) < 4.78 is 0. The Morgan fingerprint density at radius 2 is 1.67 bits per heavy atom. The number of carbonyl (C=O) groups excluding carboxylic acids is 2. The van der Waals surface area contributed by atoms with E-state index in [2.05, 4.69) is 5.32 Å². The number of hydrogen-bond acceptors (Lipinski definition) is 3. The van der Waals surface area contributed by atoms with Crippen molar-refractivity contribution in [3.05, 3.63) is 65.7 Å². The molecule has 0 fully saturated rings. The van der Waals surface area contributed by atoms with Crippen molar-refractivity contribution < 1.29 is 14.7 Å². The fraction of sp³-hybridized carbons (Fsp3) is 0.176. The molecule has 0 aliphatic rings. The first-order valence-electron chi connectivity index (χ1n) is 6.68. The number of carbonyl (C=O) groups is 2. The Hall–Kier alpha value is -2.62. The maximum Gasteiger partial charge on any atom is 0.225 e. The Bertz CT molecular complexity index is 620. The third-order valence-corrected chi connectivity index (χ3v) is 3.21. The molecular formula is C17H16NO3-. The van der Waals surface area contributed by atoms with Crippen LogP contribution < -0.4 is 10.4 Å². The van der Waals surface area contributed by atoms with E-state index in [0.29, 0.717) is 11.3 Å². The lowest BCUT2D eigenvalue weighted by Gasteiger charge is -2.18. The molecular weight excluding hydrogens is 266 g/mol. The largest absolute Gasteiger partial charge is 0.549 e.